The number of hydrogen-bond donors (Lipinski definition) is 2. The number of hydrogen-bond acceptors (Lipinski definition) is 4. The molecule has 0 heterocycles. The second kappa shape index (κ2) is 5.31. The summed E-state index contributed by atoms with van der Waals surface area (Å²) in [5.74, 6) is 0.0610. The fraction of sp³-hybridized carbons (Fsp3) is 0.143. The van der Waals surface area contributed by atoms with Crippen molar-refractivity contribution in [3.63, 3.8) is 0 Å². The summed E-state index contributed by atoms with van der Waals surface area (Å²) in [7, 11) is 0. The van der Waals surface area contributed by atoms with E-state index in [9.17, 15) is 10.2 Å². The summed E-state index contributed by atoms with van der Waals surface area (Å²) in [6.07, 6.45) is 0.534. The standard InChI is InChI=1S/C14H14N2O2/c1-2-11-13(17)9-8-12(14(11)18)16-15-10-6-4-3-5-7-10/h3-9,17-18H,2H2,1H3. The predicted molar refractivity (Wildman–Crippen MR) is 69.8 cm³/mol. The van der Waals surface area contributed by atoms with Gasteiger partial charge in [-0.15, -0.1) is 5.11 Å². The van der Waals surface area contributed by atoms with Gasteiger partial charge in [0.15, 0.2) is 0 Å². The Kier molecular flexibility index (Phi) is 3.57. The highest BCUT2D eigenvalue weighted by molar-refractivity contribution is 5.59. The van der Waals surface area contributed by atoms with Crippen LogP contribution in [0.3, 0.4) is 0 Å². The van der Waals surface area contributed by atoms with Crippen molar-refractivity contribution in [2.45, 2.75) is 13.3 Å². The summed E-state index contributed by atoms with van der Waals surface area (Å²) < 4.78 is 0. The van der Waals surface area contributed by atoms with Crippen LogP contribution in [0.15, 0.2) is 52.7 Å². The minimum absolute atomic E-state index is 0.0165. The molecule has 0 atom stereocenters. The van der Waals surface area contributed by atoms with E-state index in [0.29, 0.717) is 23.4 Å². The van der Waals surface area contributed by atoms with Crippen molar-refractivity contribution in [1.82, 2.24) is 0 Å². The Bertz CT molecular complexity index is 566. The number of phenols is 2. The Morgan fingerprint density at radius 2 is 1.67 bits per heavy atom. The van der Waals surface area contributed by atoms with Crippen LogP contribution < -0.4 is 0 Å². The summed E-state index contributed by atoms with van der Waals surface area (Å²) in [4.78, 5) is 0. The van der Waals surface area contributed by atoms with E-state index >= 15 is 0 Å². The second-order valence-electron chi connectivity index (χ2n) is 3.82. The maximum Gasteiger partial charge on any atom is 0.149 e. The van der Waals surface area contributed by atoms with Crippen LogP contribution in [-0.2, 0) is 6.42 Å². The molecular weight excluding hydrogens is 228 g/mol. The van der Waals surface area contributed by atoms with Gasteiger partial charge in [-0.05, 0) is 30.7 Å². The van der Waals surface area contributed by atoms with Gasteiger partial charge >= 0.3 is 0 Å². The minimum atomic E-state index is -0.0165. The lowest BCUT2D eigenvalue weighted by Crippen LogP contribution is -1.83. The van der Waals surface area contributed by atoms with E-state index in [1.807, 2.05) is 37.3 Å². The molecule has 0 aliphatic carbocycles. The van der Waals surface area contributed by atoms with Gasteiger partial charge in [-0.25, -0.2) is 0 Å². The van der Waals surface area contributed by atoms with Crippen LogP contribution in [0, 0.1) is 0 Å². The third-order valence-corrected chi connectivity index (χ3v) is 2.62. The molecule has 0 aliphatic rings. The quantitative estimate of drug-likeness (QED) is 0.796. The Labute approximate surface area is 105 Å². The number of benzene rings is 2. The molecule has 0 spiro atoms. The fourth-order valence-corrected chi connectivity index (χ4v) is 1.65. The Morgan fingerprint density at radius 3 is 2.33 bits per heavy atom. The SMILES string of the molecule is CCc1c(O)ccc(N=Nc2ccccc2)c1O. The molecule has 4 heteroatoms. The van der Waals surface area contributed by atoms with Crippen LogP contribution in [0.4, 0.5) is 11.4 Å². The molecule has 0 fully saturated rings. The topological polar surface area (TPSA) is 65.2 Å². The second-order valence-corrected chi connectivity index (χ2v) is 3.82. The summed E-state index contributed by atoms with van der Waals surface area (Å²) in [6.45, 7) is 1.85. The molecular formula is C14H14N2O2. The van der Waals surface area contributed by atoms with Crippen LogP contribution >= 0.6 is 0 Å². The maximum atomic E-state index is 9.93. The van der Waals surface area contributed by atoms with Crippen LogP contribution in [0.1, 0.15) is 12.5 Å². The highest BCUT2D eigenvalue weighted by Crippen LogP contribution is 2.37. The van der Waals surface area contributed by atoms with Crippen molar-refractivity contribution in [1.29, 1.82) is 0 Å². The molecule has 92 valence electrons. The van der Waals surface area contributed by atoms with Crippen molar-refractivity contribution in [3.05, 3.63) is 48.0 Å². The largest absolute Gasteiger partial charge is 0.508 e. The molecule has 0 saturated carbocycles. The number of nitrogens with zero attached hydrogens (tertiary/aromatic N) is 2. The van der Waals surface area contributed by atoms with Gasteiger partial charge < -0.3 is 10.2 Å². The summed E-state index contributed by atoms with van der Waals surface area (Å²) in [5.41, 5.74) is 1.55. The van der Waals surface area contributed by atoms with E-state index in [2.05, 4.69) is 10.2 Å². The van der Waals surface area contributed by atoms with Gasteiger partial charge in [0, 0.05) is 5.56 Å². The normalized spacial score (nSPS) is 10.9. The maximum absolute atomic E-state index is 9.93. The van der Waals surface area contributed by atoms with Gasteiger partial charge in [-0.1, -0.05) is 25.1 Å². The zero-order valence-electron chi connectivity index (χ0n) is 10.0. The van der Waals surface area contributed by atoms with Gasteiger partial charge in [0.05, 0.1) is 5.69 Å². The first-order valence-electron chi connectivity index (χ1n) is 5.73. The lowest BCUT2D eigenvalue weighted by atomic mass is 10.1. The zero-order valence-corrected chi connectivity index (χ0v) is 10.0. The summed E-state index contributed by atoms with van der Waals surface area (Å²) in [5, 5.41) is 27.5. The van der Waals surface area contributed by atoms with Crippen LogP contribution in [-0.4, -0.2) is 10.2 Å². The van der Waals surface area contributed by atoms with Crippen LogP contribution in [0.2, 0.25) is 0 Å². The van der Waals surface area contributed by atoms with Gasteiger partial charge in [0.2, 0.25) is 0 Å². The number of aromatic hydroxyl groups is 2. The third-order valence-electron chi connectivity index (χ3n) is 2.62. The Hall–Kier alpha value is -2.36. The molecule has 4 nitrogen and oxygen atoms in total. The number of azo groups is 1. The highest BCUT2D eigenvalue weighted by atomic mass is 16.3. The van der Waals surface area contributed by atoms with Gasteiger partial charge in [-0.3, -0.25) is 0 Å². The first kappa shape index (κ1) is 12.1. The van der Waals surface area contributed by atoms with Crippen LogP contribution in [0.25, 0.3) is 0 Å². The number of phenolic OH excluding ortho intramolecular Hbond substituents is 2. The lowest BCUT2D eigenvalue weighted by molar-refractivity contribution is 0.440. The lowest BCUT2D eigenvalue weighted by Gasteiger charge is -2.06. The first-order valence-corrected chi connectivity index (χ1v) is 5.73. The van der Waals surface area contributed by atoms with Crippen molar-refractivity contribution in [2.75, 3.05) is 0 Å². The van der Waals surface area contributed by atoms with E-state index in [4.69, 9.17) is 0 Å². The molecule has 0 radical (unpaired) electrons. The highest BCUT2D eigenvalue weighted by Gasteiger charge is 2.09. The molecule has 2 rings (SSSR count). The molecule has 0 unspecified atom stereocenters. The zero-order chi connectivity index (χ0) is 13.0. The average Bonchev–Trinajstić information content (AvgIpc) is 2.40. The third kappa shape index (κ3) is 2.48. The monoisotopic (exact) mass is 242 g/mol. The average molecular weight is 242 g/mol. The molecule has 2 aromatic rings. The van der Waals surface area contributed by atoms with E-state index in [1.54, 1.807) is 0 Å². The summed E-state index contributed by atoms with van der Waals surface area (Å²) >= 11 is 0. The van der Waals surface area contributed by atoms with Crippen molar-refractivity contribution < 1.29 is 10.2 Å². The fourth-order valence-electron chi connectivity index (χ4n) is 1.65. The van der Waals surface area contributed by atoms with Crippen molar-refractivity contribution >= 4 is 11.4 Å². The first-order chi connectivity index (χ1) is 8.72. The van der Waals surface area contributed by atoms with Crippen molar-refractivity contribution in [3.8, 4) is 11.5 Å². The van der Waals surface area contributed by atoms with Gasteiger partial charge in [0.25, 0.3) is 0 Å². The predicted octanol–water partition coefficient (Wildman–Crippen LogP) is 4.08. The van der Waals surface area contributed by atoms with E-state index in [1.165, 1.54) is 12.1 Å². The van der Waals surface area contributed by atoms with E-state index < -0.39 is 0 Å². The van der Waals surface area contributed by atoms with E-state index in [-0.39, 0.29) is 11.5 Å². The van der Waals surface area contributed by atoms with Gasteiger partial charge in [0.1, 0.15) is 17.2 Å². The Morgan fingerprint density at radius 1 is 0.944 bits per heavy atom. The molecule has 18 heavy (non-hydrogen) atoms. The molecule has 0 amide bonds. The molecule has 2 aromatic carbocycles. The molecule has 0 aliphatic heterocycles. The van der Waals surface area contributed by atoms with Crippen molar-refractivity contribution in [2.24, 2.45) is 10.2 Å². The molecule has 2 N–H and O–H groups in total. The molecule has 0 bridgehead atoms. The number of rotatable bonds is 3. The molecule has 0 saturated heterocycles. The Balaban J connectivity index is 2.33. The minimum Gasteiger partial charge on any atom is -0.508 e. The summed E-state index contributed by atoms with van der Waals surface area (Å²) in [6, 6.07) is 12.3. The van der Waals surface area contributed by atoms with E-state index in [0.717, 1.165) is 0 Å². The van der Waals surface area contributed by atoms with Gasteiger partial charge in [-0.2, -0.15) is 5.11 Å². The van der Waals surface area contributed by atoms with Crippen LogP contribution in [0.5, 0.6) is 11.5 Å². The molecule has 0 aromatic heterocycles. The smallest absolute Gasteiger partial charge is 0.149 e.